The number of likely N-dealkylation sites (N-methyl/N-ethyl adjacent to an activating group) is 1. The SMILES string of the molecule is CCN(CC)C(=O)c1cnc(C2CCCCN2CC(=O)N(C)C)nc1C. The number of carbonyl (C=O) groups excluding carboxylic acids is 2. The van der Waals surface area contributed by atoms with Crippen molar-refractivity contribution in [2.45, 2.75) is 46.1 Å². The van der Waals surface area contributed by atoms with Gasteiger partial charge in [0, 0.05) is 33.4 Å². The Kier molecular flexibility index (Phi) is 7.08. The number of likely N-dealkylation sites (tertiary alicyclic amines) is 1. The molecule has 0 aromatic carbocycles. The van der Waals surface area contributed by atoms with Crippen molar-refractivity contribution < 1.29 is 9.59 Å². The summed E-state index contributed by atoms with van der Waals surface area (Å²) in [5.74, 6) is 0.772. The Bertz CT molecular complexity index is 643. The summed E-state index contributed by atoms with van der Waals surface area (Å²) in [6, 6.07) is 0.0314. The van der Waals surface area contributed by atoms with Gasteiger partial charge in [-0.15, -0.1) is 0 Å². The summed E-state index contributed by atoms with van der Waals surface area (Å²) in [5.41, 5.74) is 1.26. The lowest BCUT2D eigenvalue weighted by atomic mass is 10.0. The zero-order chi connectivity index (χ0) is 19.3. The third-order valence-electron chi connectivity index (χ3n) is 5.03. The number of piperidine rings is 1. The first-order valence-corrected chi connectivity index (χ1v) is 9.46. The maximum atomic E-state index is 12.6. The molecular formula is C19H31N5O2. The van der Waals surface area contributed by atoms with Crippen molar-refractivity contribution in [3.8, 4) is 0 Å². The van der Waals surface area contributed by atoms with Gasteiger partial charge in [0.05, 0.1) is 23.8 Å². The number of aromatic nitrogens is 2. The van der Waals surface area contributed by atoms with E-state index in [9.17, 15) is 9.59 Å². The van der Waals surface area contributed by atoms with Gasteiger partial charge in [-0.3, -0.25) is 14.5 Å². The zero-order valence-electron chi connectivity index (χ0n) is 16.7. The van der Waals surface area contributed by atoms with Crippen LogP contribution in [0.15, 0.2) is 6.20 Å². The molecule has 7 nitrogen and oxygen atoms in total. The van der Waals surface area contributed by atoms with E-state index in [2.05, 4.69) is 14.9 Å². The number of hydrogen-bond acceptors (Lipinski definition) is 5. The molecule has 1 unspecified atom stereocenters. The molecule has 2 rings (SSSR count). The van der Waals surface area contributed by atoms with Crippen molar-refractivity contribution in [1.29, 1.82) is 0 Å². The lowest BCUT2D eigenvalue weighted by molar-refractivity contribution is -0.130. The second-order valence-corrected chi connectivity index (χ2v) is 6.97. The minimum Gasteiger partial charge on any atom is -0.348 e. The van der Waals surface area contributed by atoms with Crippen LogP contribution in [0.1, 0.15) is 61.0 Å². The topological polar surface area (TPSA) is 69.6 Å². The Morgan fingerprint density at radius 2 is 1.92 bits per heavy atom. The number of carbonyl (C=O) groups is 2. The number of rotatable bonds is 6. The van der Waals surface area contributed by atoms with Crippen molar-refractivity contribution in [1.82, 2.24) is 24.7 Å². The van der Waals surface area contributed by atoms with Crippen LogP contribution < -0.4 is 0 Å². The molecule has 1 saturated heterocycles. The molecule has 0 spiro atoms. The molecule has 2 heterocycles. The molecule has 1 atom stereocenters. The lowest BCUT2D eigenvalue weighted by Crippen LogP contribution is -2.42. The summed E-state index contributed by atoms with van der Waals surface area (Å²) in [7, 11) is 3.55. The van der Waals surface area contributed by atoms with Crippen molar-refractivity contribution >= 4 is 11.8 Å². The molecule has 7 heteroatoms. The van der Waals surface area contributed by atoms with Gasteiger partial charge in [0.15, 0.2) is 0 Å². The summed E-state index contributed by atoms with van der Waals surface area (Å²) in [6.07, 6.45) is 4.76. The molecule has 1 fully saturated rings. The minimum atomic E-state index is -0.0256. The van der Waals surface area contributed by atoms with Crippen molar-refractivity contribution in [2.75, 3.05) is 40.3 Å². The average Bonchev–Trinajstić information content (AvgIpc) is 2.62. The highest BCUT2D eigenvalue weighted by atomic mass is 16.2. The van der Waals surface area contributed by atoms with Gasteiger partial charge in [-0.25, -0.2) is 9.97 Å². The average molecular weight is 361 g/mol. The van der Waals surface area contributed by atoms with E-state index in [4.69, 9.17) is 0 Å². The van der Waals surface area contributed by atoms with Crippen LogP contribution in [0.2, 0.25) is 0 Å². The Morgan fingerprint density at radius 1 is 1.23 bits per heavy atom. The monoisotopic (exact) mass is 361 g/mol. The number of hydrogen-bond donors (Lipinski definition) is 0. The molecule has 26 heavy (non-hydrogen) atoms. The van der Waals surface area contributed by atoms with Crippen LogP contribution in [0, 0.1) is 6.92 Å². The Labute approximate surface area is 156 Å². The molecule has 0 bridgehead atoms. The Balaban J connectivity index is 2.22. The normalized spacial score (nSPS) is 17.8. The van der Waals surface area contributed by atoms with Gasteiger partial charge in [0.2, 0.25) is 5.91 Å². The van der Waals surface area contributed by atoms with Crippen LogP contribution in [0.5, 0.6) is 0 Å². The standard InChI is InChI=1S/C19H31N5O2/c1-6-23(7-2)19(26)15-12-20-18(21-14(15)3)16-10-8-9-11-24(16)13-17(25)22(4)5/h12,16H,6-11,13H2,1-5H3. The lowest BCUT2D eigenvalue weighted by Gasteiger charge is -2.34. The fourth-order valence-corrected chi connectivity index (χ4v) is 3.32. The molecule has 1 aromatic rings. The second-order valence-electron chi connectivity index (χ2n) is 6.97. The van der Waals surface area contributed by atoms with Crippen LogP contribution in [-0.2, 0) is 4.79 Å². The van der Waals surface area contributed by atoms with Crippen LogP contribution in [0.4, 0.5) is 0 Å². The molecule has 1 aromatic heterocycles. The van der Waals surface area contributed by atoms with Gasteiger partial charge < -0.3 is 9.80 Å². The van der Waals surface area contributed by atoms with Gasteiger partial charge in [-0.05, 0) is 40.2 Å². The van der Waals surface area contributed by atoms with Crippen LogP contribution in [-0.4, -0.2) is 76.8 Å². The molecular weight excluding hydrogens is 330 g/mol. The third-order valence-corrected chi connectivity index (χ3v) is 5.03. The molecule has 1 aliphatic rings. The van der Waals surface area contributed by atoms with Gasteiger partial charge >= 0.3 is 0 Å². The Morgan fingerprint density at radius 3 is 2.50 bits per heavy atom. The fraction of sp³-hybridized carbons (Fsp3) is 0.684. The molecule has 0 saturated carbocycles. The van der Waals surface area contributed by atoms with E-state index in [1.807, 2.05) is 20.8 Å². The van der Waals surface area contributed by atoms with E-state index >= 15 is 0 Å². The van der Waals surface area contributed by atoms with Crippen molar-refractivity contribution in [3.63, 3.8) is 0 Å². The van der Waals surface area contributed by atoms with Crippen molar-refractivity contribution in [2.24, 2.45) is 0 Å². The van der Waals surface area contributed by atoms with E-state index in [1.165, 1.54) is 0 Å². The Hall–Kier alpha value is -2.02. The molecule has 0 N–H and O–H groups in total. The summed E-state index contributed by atoms with van der Waals surface area (Å²) < 4.78 is 0. The van der Waals surface area contributed by atoms with E-state index in [0.29, 0.717) is 36.7 Å². The molecule has 1 aliphatic heterocycles. The number of amides is 2. The fourth-order valence-electron chi connectivity index (χ4n) is 3.32. The molecule has 144 valence electrons. The molecule has 0 aliphatic carbocycles. The van der Waals surface area contributed by atoms with Gasteiger partial charge in [-0.2, -0.15) is 0 Å². The van der Waals surface area contributed by atoms with E-state index in [0.717, 1.165) is 25.8 Å². The van der Waals surface area contributed by atoms with Gasteiger partial charge in [0.1, 0.15) is 5.82 Å². The molecule has 2 amide bonds. The van der Waals surface area contributed by atoms with Crippen LogP contribution in [0.25, 0.3) is 0 Å². The smallest absolute Gasteiger partial charge is 0.257 e. The van der Waals surface area contributed by atoms with E-state index < -0.39 is 0 Å². The summed E-state index contributed by atoms with van der Waals surface area (Å²) in [6.45, 7) is 8.37. The maximum absolute atomic E-state index is 12.6. The third kappa shape index (κ3) is 4.58. The highest BCUT2D eigenvalue weighted by Crippen LogP contribution is 2.29. The predicted octanol–water partition coefficient (Wildman–Crippen LogP) is 1.88. The minimum absolute atomic E-state index is 0.0256. The summed E-state index contributed by atoms with van der Waals surface area (Å²) in [5, 5.41) is 0. The van der Waals surface area contributed by atoms with Gasteiger partial charge in [-0.1, -0.05) is 6.42 Å². The van der Waals surface area contributed by atoms with E-state index in [-0.39, 0.29) is 17.9 Å². The van der Waals surface area contributed by atoms with Crippen LogP contribution in [0.3, 0.4) is 0 Å². The molecule has 0 radical (unpaired) electrons. The summed E-state index contributed by atoms with van der Waals surface area (Å²) >= 11 is 0. The first-order chi connectivity index (χ1) is 12.4. The number of aryl methyl sites for hydroxylation is 1. The summed E-state index contributed by atoms with van der Waals surface area (Å²) in [4.78, 5) is 39.4. The zero-order valence-corrected chi connectivity index (χ0v) is 16.7. The highest BCUT2D eigenvalue weighted by molar-refractivity contribution is 5.94. The largest absolute Gasteiger partial charge is 0.348 e. The predicted molar refractivity (Wildman–Crippen MR) is 101 cm³/mol. The van der Waals surface area contributed by atoms with Gasteiger partial charge in [0.25, 0.3) is 5.91 Å². The maximum Gasteiger partial charge on any atom is 0.257 e. The first-order valence-electron chi connectivity index (χ1n) is 9.46. The van der Waals surface area contributed by atoms with E-state index in [1.54, 1.807) is 30.1 Å². The highest BCUT2D eigenvalue weighted by Gasteiger charge is 2.29. The first kappa shape index (κ1) is 20.3. The van der Waals surface area contributed by atoms with Crippen LogP contribution >= 0.6 is 0 Å². The van der Waals surface area contributed by atoms with Crippen molar-refractivity contribution in [3.05, 3.63) is 23.3 Å². The quantitative estimate of drug-likeness (QED) is 0.774. The number of nitrogens with zero attached hydrogens (tertiary/aromatic N) is 5. The second kappa shape index (κ2) is 9.07.